The van der Waals surface area contributed by atoms with E-state index in [4.69, 9.17) is 4.74 Å². The average molecular weight is 500 g/mol. The molecular formula is C23H25N5O4S2. The first kappa shape index (κ1) is 22.7. The van der Waals surface area contributed by atoms with Gasteiger partial charge < -0.3 is 10.1 Å². The van der Waals surface area contributed by atoms with Gasteiger partial charge >= 0.3 is 0 Å². The lowest BCUT2D eigenvalue weighted by Crippen LogP contribution is -2.38. The second-order valence-electron chi connectivity index (χ2n) is 8.65. The molecule has 2 saturated carbocycles. The summed E-state index contributed by atoms with van der Waals surface area (Å²) in [7, 11) is -1.85. The highest BCUT2D eigenvalue weighted by molar-refractivity contribution is 7.93. The maximum Gasteiger partial charge on any atom is 0.237 e. The fraction of sp³-hybridized carbons (Fsp3) is 0.391. The van der Waals surface area contributed by atoms with Crippen molar-refractivity contribution in [2.45, 2.75) is 49.2 Å². The molecule has 2 aromatic heterocycles. The summed E-state index contributed by atoms with van der Waals surface area (Å²) in [6.07, 6.45) is 7.75. The Morgan fingerprint density at radius 2 is 1.85 bits per heavy atom. The van der Waals surface area contributed by atoms with E-state index in [1.54, 1.807) is 24.9 Å². The van der Waals surface area contributed by atoms with Crippen LogP contribution in [0.25, 0.3) is 11.3 Å². The molecule has 0 spiro atoms. The number of carbonyl (C=O) groups excluding carboxylic acids is 1. The molecule has 2 aliphatic carbocycles. The molecule has 2 heterocycles. The van der Waals surface area contributed by atoms with E-state index in [1.165, 1.54) is 11.3 Å². The second kappa shape index (κ2) is 8.95. The molecule has 2 N–H and O–H groups in total. The van der Waals surface area contributed by atoms with Gasteiger partial charge in [0.25, 0.3) is 0 Å². The predicted octanol–water partition coefficient (Wildman–Crippen LogP) is 3.96. The van der Waals surface area contributed by atoms with Crippen molar-refractivity contribution in [3.8, 4) is 17.1 Å². The first-order valence-corrected chi connectivity index (χ1v) is 13.6. The Labute approximate surface area is 202 Å². The second-order valence-corrected chi connectivity index (χ2v) is 11.5. The first-order valence-electron chi connectivity index (χ1n) is 11.2. The van der Waals surface area contributed by atoms with Gasteiger partial charge in [0, 0.05) is 16.6 Å². The molecule has 178 valence electrons. The van der Waals surface area contributed by atoms with Crippen molar-refractivity contribution in [1.29, 1.82) is 0 Å². The predicted molar refractivity (Wildman–Crippen MR) is 130 cm³/mol. The molecule has 11 heteroatoms. The summed E-state index contributed by atoms with van der Waals surface area (Å²) in [5.41, 5.74) is 2.06. The van der Waals surface area contributed by atoms with Crippen molar-refractivity contribution < 1.29 is 17.9 Å². The van der Waals surface area contributed by atoms with Crippen molar-refractivity contribution in [3.63, 3.8) is 0 Å². The number of amides is 1. The summed E-state index contributed by atoms with van der Waals surface area (Å²) >= 11 is 1.23. The van der Waals surface area contributed by atoms with Crippen LogP contribution in [0.5, 0.6) is 5.88 Å². The fourth-order valence-electron chi connectivity index (χ4n) is 4.26. The van der Waals surface area contributed by atoms with Gasteiger partial charge in [0.1, 0.15) is 0 Å². The van der Waals surface area contributed by atoms with Gasteiger partial charge in [-0.05, 0) is 37.8 Å². The Morgan fingerprint density at radius 1 is 1.12 bits per heavy atom. The van der Waals surface area contributed by atoms with Crippen molar-refractivity contribution in [3.05, 3.63) is 47.7 Å². The SMILES string of the molecule is COc1cncc(-c2ccc(NC(=O)C3(c4csc(NS(=O)(=O)C5CC5)n4)CCCC3)cc2)n1. The van der Waals surface area contributed by atoms with E-state index in [1.807, 2.05) is 24.3 Å². The number of nitrogens with one attached hydrogen (secondary N) is 2. The Bertz CT molecular complexity index is 1300. The number of hydrogen-bond acceptors (Lipinski definition) is 8. The summed E-state index contributed by atoms with van der Waals surface area (Å²) in [5, 5.41) is 4.84. The third kappa shape index (κ3) is 4.49. The smallest absolute Gasteiger partial charge is 0.237 e. The molecule has 9 nitrogen and oxygen atoms in total. The molecule has 0 radical (unpaired) electrons. The normalized spacial score (nSPS) is 17.3. The van der Waals surface area contributed by atoms with Crippen LogP contribution in [0.15, 0.2) is 42.0 Å². The van der Waals surface area contributed by atoms with Crippen LogP contribution in [0.4, 0.5) is 10.8 Å². The minimum Gasteiger partial charge on any atom is -0.480 e. The molecule has 2 fully saturated rings. The number of anilines is 2. The molecule has 0 aliphatic heterocycles. The van der Waals surface area contributed by atoms with Crippen LogP contribution in [0.2, 0.25) is 0 Å². The molecular weight excluding hydrogens is 474 g/mol. The number of carbonyl (C=O) groups is 1. The number of aromatic nitrogens is 3. The van der Waals surface area contributed by atoms with Gasteiger partial charge in [0.2, 0.25) is 21.8 Å². The van der Waals surface area contributed by atoms with Crippen LogP contribution in [0, 0.1) is 0 Å². The highest BCUT2D eigenvalue weighted by Crippen LogP contribution is 2.43. The minimum absolute atomic E-state index is 0.124. The molecule has 0 saturated heterocycles. The van der Waals surface area contributed by atoms with E-state index in [-0.39, 0.29) is 11.2 Å². The Hall–Kier alpha value is -3.05. The molecule has 0 unspecified atom stereocenters. The van der Waals surface area contributed by atoms with Gasteiger partial charge in [-0.2, -0.15) is 0 Å². The standard InChI is InChI=1S/C23H25N5O4S2/c1-32-20-13-24-12-18(26-20)15-4-6-16(7-5-15)25-21(29)23(10-2-3-11-23)19-14-33-22(27-19)28-34(30,31)17-8-9-17/h4-7,12-14,17H,2-3,8-11H2,1H3,(H,25,29)(H,27,28). The maximum absolute atomic E-state index is 13.5. The largest absolute Gasteiger partial charge is 0.480 e. The summed E-state index contributed by atoms with van der Waals surface area (Å²) in [6.45, 7) is 0. The number of sulfonamides is 1. The van der Waals surface area contributed by atoms with Crippen LogP contribution < -0.4 is 14.8 Å². The van der Waals surface area contributed by atoms with E-state index in [9.17, 15) is 13.2 Å². The minimum atomic E-state index is -3.39. The van der Waals surface area contributed by atoms with E-state index >= 15 is 0 Å². The zero-order chi connectivity index (χ0) is 23.8. The number of ether oxygens (including phenoxy) is 1. The maximum atomic E-state index is 13.5. The number of methoxy groups -OCH3 is 1. The molecule has 1 aromatic carbocycles. The zero-order valence-corrected chi connectivity index (χ0v) is 20.3. The van der Waals surface area contributed by atoms with Crippen LogP contribution in [-0.2, 0) is 20.2 Å². The Balaban J connectivity index is 1.33. The molecule has 0 atom stereocenters. The Morgan fingerprint density at radius 3 is 2.53 bits per heavy atom. The number of thiazole rings is 1. The highest BCUT2D eigenvalue weighted by Gasteiger charge is 2.45. The molecule has 3 aromatic rings. The monoisotopic (exact) mass is 499 g/mol. The summed E-state index contributed by atoms with van der Waals surface area (Å²) in [5.74, 6) is 0.306. The van der Waals surface area contributed by atoms with Gasteiger partial charge in [0.05, 0.1) is 41.6 Å². The third-order valence-electron chi connectivity index (χ3n) is 6.34. The van der Waals surface area contributed by atoms with Crippen LogP contribution in [0.1, 0.15) is 44.2 Å². The topological polar surface area (TPSA) is 123 Å². The highest BCUT2D eigenvalue weighted by atomic mass is 32.2. The number of rotatable bonds is 8. The zero-order valence-electron chi connectivity index (χ0n) is 18.7. The number of nitrogens with zero attached hydrogens (tertiary/aromatic N) is 3. The van der Waals surface area contributed by atoms with E-state index in [2.05, 4.69) is 25.0 Å². The van der Waals surface area contributed by atoms with Crippen LogP contribution in [-0.4, -0.2) is 41.6 Å². The molecule has 34 heavy (non-hydrogen) atoms. The van der Waals surface area contributed by atoms with Crippen LogP contribution >= 0.6 is 11.3 Å². The summed E-state index contributed by atoms with van der Waals surface area (Å²) in [6, 6.07) is 7.39. The van der Waals surface area contributed by atoms with Crippen molar-refractivity contribution >= 4 is 38.1 Å². The summed E-state index contributed by atoms with van der Waals surface area (Å²) in [4.78, 5) is 26.5. The molecule has 0 bridgehead atoms. The lowest BCUT2D eigenvalue weighted by Gasteiger charge is -2.26. The first-order chi connectivity index (χ1) is 16.4. The fourth-order valence-corrected chi connectivity index (χ4v) is 6.67. The molecule has 1 amide bonds. The number of benzene rings is 1. The summed E-state index contributed by atoms with van der Waals surface area (Å²) < 4.78 is 32.3. The third-order valence-corrected chi connectivity index (χ3v) is 9.05. The van der Waals surface area contributed by atoms with Crippen LogP contribution in [0.3, 0.4) is 0 Å². The van der Waals surface area contributed by atoms with Crippen molar-refractivity contribution in [2.75, 3.05) is 17.1 Å². The lowest BCUT2D eigenvalue weighted by molar-refractivity contribution is -0.121. The van der Waals surface area contributed by atoms with Gasteiger partial charge in [-0.15, -0.1) is 11.3 Å². The average Bonchev–Trinajstić information content (AvgIpc) is 3.42. The van der Waals surface area contributed by atoms with Gasteiger partial charge in [-0.25, -0.2) is 18.4 Å². The van der Waals surface area contributed by atoms with Crippen molar-refractivity contribution in [1.82, 2.24) is 15.0 Å². The quantitative estimate of drug-likeness (QED) is 0.481. The van der Waals surface area contributed by atoms with Crippen molar-refractivity contribution in [2.24, 2.45) is 0 Å². The van der Waals surface area contributed by atoms with Gasteiger partial charge in [-0.3, -0.25) is 14.5 Å². The Kier molecular flexibility index (Phi) is 5.98. The van der Waals surface area contributed by atoms with E-state index in [0.717, 1.165) is 18.4 Å². The van der Waals surface area contributed by atoms with Gasteiger partial charge in [0.15, 0.2) is 5.13 Å². The molecule has 2 aliphatic rings. The lowest BCUT2D eigenvalue weighted by atomic mass is 9.82. The van der Waals surface area contributed by atoms with E-state index in [0.29, 0.717) is 53.8 Å². The van der Waals surface area contributed by atoms with E-state index < -0.39 is 15.4 Å². The number of hydrogen-bond donors (Lipinski definition) is 2. The van der Waals surface area contributed by atoms with Gasteiger partial charge in [-0.1, -0.05) is 25.0 Å². The molecule has 5 rings (SSSR count).